The first-order chi connectivity index (χ1) is 7.32. The van der Waals surface area contributed by atoms with Gasteiger partial charge in [-0.15, -0.1) is 0 Å². The summed E-state index contributed by atoms with van der Waals surface area (Å²) in [5.41, 5.74) is 4.30. The van der Waals surface area contributed by atoms with E-state index in [0.29, 0.717) is 0 Å². The van der Waals surface area contributed by atoms with Crippen LogP contribution in [0.25, 0.3) is 0 Å². The second kappa shape index (κ2) is 4.34. The Morgan fingerprint density at radius 3 is 2.44 bits per heavy atom. The van der Waals surface area contributed by atoms with Crippen molar-refractivity contribution in [3.05, 3.63) is 23.8 Å². The fourth-order valence-corrected chi connectivity index (χ4v) is 2.34. The van der Waals surface area contributed by atoms with Crippen LogP contribution in [0.4, 0.5) is 14.5 Å². The van der Waals surface area contributed by atoms with Crippen LogP contribution in [0.15, 0.2) is 17.0 Å². The molecule has 7 heteroatoms. The van der Waals surface area contributed by atoms with Gasteiger partial charge in [-0.05, 0) is 12.1 Å². The number of hydrogen-bond donors (Lipinski definition) is 1. The molecule has 0 atom stereocenters. The molecule has 1 rings (SSSR count). The minimum absolute atomic E-state index is 0.180. The molecule has 1 aromatic rings. The summed E-state index contributed by atoms with van der Waals surface area (Å²) < 4.78 is 50.8. The molecule has 0 amide bonds. The van der Waals surface area contributed by atoms with Crippen molar-refractivity contribution in [3.63, 3.8) is 0 Å². The highest BCUT2D eigenvalue weighted by molar-refractivity contribution is 7.89. The van der Waals surface area contributed by atoms with Crippen molar-refractivity contribution in [2.45, 2.75) is 11.8 Å². The Kier molecular flexibility index (Phi) is 3.49. The van der Waals surface area contributed by atoms with Crippen molar-refractivity contribution in [2.24, 2.45) is 0 Å². The molecule has 0 aliphatic carbocycles. The Balaban J connectivity index is 3.41. The summed E-state index contributed by atoms with van der Waals surface area (Å²) in [6.45, 7) is 1.78. The van der Waals surface area contributed by atoms with Gasteiger partial charge < -0.3 is 5.73 Å². The molecular formula is C9H12F2N2O2S. The van der Waals surface area contributed by atoms with Gasteiger partial charge in [0.25, 0.3) is 0 Å². The van der Waals surface area contributed by atoms with E-state index in [1.165, 1.54) is 7.05 Å². The van der Waals surface area contributed by atoms with Crippen molar-refractivity contribution in [2.75, 3.05) is 19.3 Å². The average molecular weight is 250 g/mol. The number of anilines is 1. The standard InChI is InChI=1S/C9H12F2N2O2S/c1-3-13(2)16(14,15)7-5-4-6(10)9(12)8(7)11/h4-5H,3,12H2,1-2H3. The summed E-state index contributed by atoms with van der Waals surface area (Å²) >= 11 is 0. The zero-order chi connectivity index (χ0) is 12.5. The van der Waals surface area contributed by atoms with Crippen molar-refractivity contribution in [3.8, 4) is 0 Å². The minimum Gasteiger partial charge on any atom is -0.394 e. The highest BCUT2D eigenvalue weighted by Gasteiger charge is 2.25. The monoisotopic (exact) mass is 250 g/mol. The zero-order valence-electron chi connectivity index (χ0n) is 8.87. The van der Waals surface area contributed by atoms with E-state index < -0.39 is 32.2 Å². The van der Waals surface area contributed by atoms with Gasteiger partial charge in [0.1, 0.15) is 16.4 Å². The second-order valence-electron chi connectivity index (χ2n) is 3.19. The fourth-order valence-electron chi connectivity index (χ4n) is 1.09. The van der Waals surface area contributed by atoms with E-state index in [4.69, 9.17) is 5.73 Å². The van der Waals surface area contributed by atoms with Gasteiger partial charge in [-0.25, -0.2) is 21.5 Å². The topological polar surface area (TPSA) is 63.4 Å². The quantitative estimate of drug-likeness (QED) is 0.819. The van der Waals surface area contributed by atoms with E-state index in [2.05, 4.69) is 0 Å². The van der Waals surface area contributed by atoms with Gasteiger partial charge in [-0.2, -0.15) is 0 Å². The van der Waals surface area contributed by atoms with E-state index in [1.807, 2.05) is 0 Å². The molecule has 90 valence electrons. The Labute approximate surface area is 92.7 Å². The molecule has 0 saturated heterocycles. The molecule has 2 N–H and O–H groups in total. The van der Waals surface area contributed by atoms with Crippen LogP contribution >= 0.6 is 0 Å². The predicted octanol–water partition coefficient (Wildman–Crippen LogP) is 1.19. The molecule has 0 radical (unpaired) electrons. The third-order valence-corrected chi connectivity index (χ3v) is 4.17. The first kappa shape index (κ1) is 12.9. The Morgan fingerprint density at radius 2 is 1.94 bits per heavy atom. The molecule has 16 heavy (non-hydrogen) atoms. The van der Waals surface area contributed by atoms with Crippen LogP contribution in [0.1, 0.15) is 6.92 Å². The maximum Gasteiger partial charge on any atom is 0.245 e. The molecule has 0 aromatic heterocycles. The lowest BCUT2D eigenvalue weighted by Crippen LogP contribution is -2.27. The Morgan fingerprint density at radius 1 is 1.38 bits per heavy atom. The lowest BCUT2D eigenvalue weighted by Gasteiger charge is -2.15. The summed E-state index contributed by atoms with van der Waals surface area (Å²) in [5, 5.41) is 0. The lowest BCUT2D eigenvalue weighted by molar-refractivity contribution is 0.477. The molecule has 0 aliphatic heterocycles. The van der Waals surface area contributed by atoms with Crippen molar-refractivity contribution in [1.29, 1.82) is 0 Å². The van der Waals surface area contributed by atoms with Crippen LogP contribution in [0.2, 0.25) is 0 Å². The molecule has 0 unspecified atom stereocenters. The summed E-state index contributed by atoms with van der Waals surface area (Å²) in [5.74, 6) is -2.23. The smallest absolute Gasteiger partial charge is 0.245 e. The molecule has 0 fully saturated rings. The van der Waals surface area contributed by atoms with E-state index in [0.717, 1.165) is 16.4 Å². The number of benzene rings is 1. The molecule has 0 saturated carbocycles. The third kappa shape index (κ3) is 2.00. The molecular weight excluding hydrogens is 238 g/mol. The van der Waals surface area contributed by atoms with Crippen LogP contribution in [0, 0.1) is 11.6 Å². The van der Waals surface area contributed by atoms with Crippen LogP contribution in [0.3, 0.4) is 0 Å². The van der Waals surface area contributed by atoms with Gasteiger partial charge in [0.2, 0.25) is 10.0 Å². The van der Waals surface area contributed by atoms with Crippen LogP contribution in [-0.2, 0) is 10.0 Å². The van der Waals surface area contributed by atoms with Gasteiger partial charge in [0, 0.05) is 13.6 Å². The summed E-state index contributed by atoms with van der Waals surface area (Å²) in [6.07, 6.45) is 0. The van der Waals surface area contributed by atoms with Crippen molar-refractivity contribution < 1.29 is 17.2 Å². The normalized spacial score (nSPS) is 12.1. The first-order valence-electron chi connectivity index (χ1n) is 4.52. The third-order valence-electron chi connectivity index (χ3n) is 2.22. The molecule has 0 heterocycles. The number of nitrogens with zero attached hydrogens (tertiary/aromatic N) is 1. The average Bonchev–Trinajstić information content (AvgIpc) is 2.24. The highest BCUT2D eigenvalue weighted by atomic mass is 32.2. The number of hydrogen-bond acceptors (Lipinski definition) is 3. The van der Waals surface area contributed by atoms with Crippen LogP contribution in [-0.4, -0.2) is 26.3 Å². The second-order valence-corrected chi connectivity index (χ2v) is 5.21. The maximum absolute atomic E-state index is 13.5. The number of nitrogen functional groups attached to an aromatic ring is 1. The molecule has 4 nitrogen and oxygen atoms in total. The fraction of sp³-hybridized carbons (Fsp3) is 0.333. The maximum atomic E-state index is 13.5. The van der Waals surface area contributed by atoms with Crippen LogP contribution in [0.5, 0.6) is 0 Å². The largest absolute Gasteiger partial charge is 0.394 e. The molecule has 0 bridgehead atoms. The van der Waals surface area contributed by atoms with Gasteiger partial charge in [-0.1, -0.05) is 6.92 Å². The summed E-state index contributed by atoms with van der Waals surface area (Å²) in [6, 6.07) is 1.69. The van der Waals surface area contributed by atoms with E-state index in [-0.39, 0.29) is 6.54 Å². The Bertz CT molecular complexity index is 502. The minimum atomic E-state index is -3.95. The Hall–Kier alpha value is -1.21. The lowest BCUT2D eigenvalue weighted by atomic mass is 10.3. The summed E-state index contributed by atoms with van der Waals surface area (Å²) in [4.78, 5) is -0.615. The van der Waals surface area contributed by atoms with Crippen LogP contribution < -0.4 is 5.73 Å². The first-order valence-corrected chi connectivity index (χ1v) is 5.96. The number of sulfonamides is 1. The number of rotatable bonds is 3. The van der Waals surface area contributed by atoms with Gasteiger partial charge >= 0.3 is 0 Å². The molecule has 1 aromatic carbocycles. The van der Waals surface area contributed by atoms with E-state index >= 15 is 0 Å². The summed E-state index contributed by atoms with van der Waals surface area (Å²) in [7, 11) is -2.65. The van der Waals surface area contributed by atoms with E-state index in [1.54, 1.807) is 6.92 Å². The van der Waals surface area contributed by atoms with Crippen molar-refractivity contribution in [1.82, 2.24) is 4.31 Å². The predicted molar refractivity (Wildman–Crippen MR) is 56.3 cm³/mol. The number of nitrogens with two attached hydrogens (primary N) is 1. The van der Waals surface area contributed by atoms with E-state index in [9.17, 15) is 17.2 Å². The molecule has 0 spiro atoms. The SMILES string of the molecule is CCN(C)S(=O)(=O)c1ccc(F)c(N)c1F. The highest BCUT2D eigenvalue weighted by Crippen LogP contribution is 2.24. The zero-order valence-corrected chi connectivity index (χ0v) is 9.68. The van der Waals surface area contributed by atoms with Gasteiger partial charge in [-0.3, -0.25) is 0 Å². The number of halogens is 2. The van der Waals surface area contributed by atoms with Gasteiger partial charge in [0.05, 0.1) is 0 Å². The molecule has 0 aliphatic rings. The van der Waals surface area contributed by atoms with Gasteiger partial charge in [0.15, 0.2) is 5.82 Å². The van der Waals surface area contributed by atoms with Crippen molar-refractivity contribution >= 4 is 15.7 Å².